The van der Waals surface area contributed by atoms with Gasteiger partial charge in [0.1, 0.15) is 5.78 Å². The van der Waals surface area contributed by atoms with Gasteiger partial charge in [0.15, 0.2) is 0 Å². The van der Waals surface area contributed by atoms with Crippen LogP contribution in [0.4, 0.5) is 0 Å². The van der Waals surface area contributed by atoms with Gasteiger partial charge in [-0.3, -0.25) is 14.5 Å². The highest BCUT2D eigenvalue weighted by molar-refractivity contribution is 5.96. The number of Topliss-reactive ketones (excluding diaryl/α,β-unsaturated/α-hetero) is 1. The molecule has 2 fully saturated rings. The van der Waals surface area contributed by atoms with Gasteiger partial charge in [-0.25, -0.2) is 0 Å². The Labute approximate surface area is 109 Å². The second-order valence-electron chi connectivity index (χ2n) is 5.59. The van der Waals surface area contributed by atoms with E-state index in [0.717, 1.165) is 32.2 Å². The fourth-order valence-corrected chi connectivity index (χ4v) is 3.11. The summed E-state index contributed by atoms with van der Waals surface area (Å²) in [6.07, 6.45) is 6.81. The lowest BCUT2D eigenvalue weighted by atomic mass is 9.94. The molecule has 102 valence electrons. The van der Waals surface area contributed by atoms with E-state index in [4.69, 9.17) is 0 Å². The fraction of sp³-hybridized carbons (Fsp3) is 0.857. The van der Waals surface area contributed by atoms with Gasteiger partial charge in [0.2, 0.25) is 5.91 Å². The van der Waals surface area contributed by atoms with Crippen molar-refractivity contribution in [2.45, 2.75) is 51.5 Å². The summed E-state index contributed by atoms with van der Waals surface area (Å²) >= 11 is 0. The highest BCUT2D eigenvalue weighted by Crippen LogP contribution is 2.23. The van der Waals surface area contributed by atoms with Crippen LogP contribution < -0.4 is 0 Å². The molecule has 0 aromatic carbocycles. The Hall–Kier alpha value is -0.900. The van der Waals surface area contributed by atoms with Gasteiger partial charge >= 0.3 is 0 Å². The first-order valence-electron chi connectivity index (χ1n) is 7.18. The van der Waals surface area contributed by atoms with Crippen molar-refractivity contribution in [2.24, 2.45) is 0 Å². The third kappa shape index (κ3) is 3.55. The van der Waals surface area contributed by atoms with Crippen LogP contribution in [0.2, 0.25) is 0 Å². The van der Waals surface area contributed by atoms with Gasteiger partial charge in [-0.15, -0.1) is 0 Å². The van der Waals surface area contributed by atoms with E-state index in [1.807, 2.05) is 4.90 Å². The minimum absolute atomic E-state index is 0.00536. The number of hydrogen-bond donors (Lipinski definition) is 0. The first-order valence-corrected chi connectivity index (χ1v) is 7.18. The molecule has 2 aliphatic rings. The summed E-state index contributed by atoms with van der Waals surface area (Å²) in [6.45, 7) is 5.03. The minimum Gasteiger partial charge on any atom is -0.340 e. The van der Waals surface area contributed by atoms with E-state index in [0.29, 0.717) is 0 Å². The molecule has 0 N–H and O–H groups in total. The number of carbonyl (C=O) groups is 2. The normalized spacial score (nSPS) is 23.1. The molecule has 4 nitrogen and oxygen atoms in total. The Balaban J connectivity index is 1.76. The van der Waals surface area contributed by atoms with E-state index in [2.05, 4.69) is 4.90 Å². The van der Waals surface area contributed by atoms with Crippen molar-refractivity contribution in [3.63, 3.8) is 0 Å². The molecule has 4 heteroatoms. The molecule has 1 aliphatic heterocycles. The number of hydrogen-bond acceptors (Lipinski definition) is 3. The van der Waals surface area contributed by atoms with Crippen LogP contribution in [-0.4, -0.2) is 53.7 Å². The summed E-state index contributed by atoms with van der Waals surface area (Å²) in [4.78, 5) is 27.1. The molecule has 0 unspecified atom stereocenters. The zero-order valence-electron chi connectivity index (χ0n) is 11.4. The van der Waals surface area contributed by atoms with Crippen molar-refractivity contribution < 1.29 is 9.59 Å². The Morgan fingerprint density at radius 1 is 1.00 bits per heavy atom. The zero-order chi connectivity index (χ0) is 13.0. The van der Waals surface area contributed by atoms with Crippen LogP contribution >= 0.6 is 0 Å². The molecule has 0 aromatic rings. The van der Waals surface area contributed by atoms with E-state index in [9.17, 15) is 9.59 Å². The van der Waals surface area contributed by atoms with Crippen LogP contribution in [0.1, 0.15) is 45.4 Å². The van der Waals surface area contributed by atoms with Gasteiger partial charge in [0.05, 0.1) is 6.42 Å². The van der Waals surface area contributed by atoms with E-state index >= 15 is 0 Å². The Kier molecular flexibility index (Phi) is 4.75. The molecule has 1 saturated heterocycles. The molecule has 0 bridgehead atoms. The average molecular weight is 252 g/mol. The summed E-state index contributed by atoms with van der Waals surface area (Å²) in [5.41, 5.74) is 0. The van der Waals surface area contributed by atoms with Crippen LogP contribution in [0, 0.1) is 0 Å². The number of carbonyl (C=O) groups excluding carboxylic acids is 2. The quantitative estimate of drug-likeness (QED) is 0.714. The smallest absolute Gasteiger partial charge is 0.230 e. The predicted molar refractivity (Wildman–Crippen MR) is 70.3 cm³/mol. The van der Waals surface area contributed by atoms with Crippen LogP contribution in [0.3, 0.4) is 0 Å². The highest BCUT2D eigenvalue weighted by atomic mass is 16.2. The number of amides is 1. The van der Waals surface area contributed by atoms with Crippen LogP contribution in [0.15, 0.2) is 0 Å². The van der Waals surface area contributed by atoms with Crippen molar-refractivity contribution in [1.29, 1.82) is 0 Å². The molecule has 1 saturated carbocycles. The Bertz CT molecular complexity index is 303. The zero-order valence-corrected chi connectivity index (χ0v) is 11.4. The largest absolute Gasteiger partial charge is 0.340 e. The van der Waals surface area contributed by atoms with Crippen LogP contribution in [-0.2, 0) is 9.59 Å². The predicted octanol–water partition coefficient (Wildman–Crippen LogP) is 1.44. The molecule has 18 heavy (non-hydrogen) atoms. The van der Waals surface area contributed by atoms with Gasteiger partial charge in [-0.1, -0.05) is 19.3 Å². The maximum absolute atomic E-state index is 11.8. The SMILES string of the molecule is CC(=O)CC(=O)N1CCN(C2CCCCC2)CC1. The van der Waals surface area contributed by atoms with E-state index in [-0.39, 0.29) is 18.1 Å². The highest BCUT2D eigenvalue weighted by Gasteiger charge is 2.27. The average Bonchev–Trinajstić information content (AvgIpc) is 2.39. The topological polar surface area (TPSA) is 40.6 Å². The molecular formula is C14H24N2O2. The van der Waals surface area contributed by atoms with Gasteiger partial charge in [0, 0.05) is 32.2 Å². The van der Waals surface area contributed by atoms with Crippen molar-refractivity contribution in [1.82, 2.24) is 9.80 Å². The summed E-state index contributed by atoms with van der Waals surface area (Å²) in [6, 6.07) is 0.740. The molecule has 2 rings (SSSR count). The first kappa shape index (κ1) is 13.5. The Morgan fingerprint density at radius 3 is 2.17 bits per heavy atom. The summed E-state index contributed by atoms with van der Waals surface area (Å²) in [5, 5.41) is 0. The van der Waals surface area contributed by atoms with Crippen molar-refractivity contribution in [3.8, 4) is 0 Å². The molecular weight excluding hydrogens is 228 g/mol. The fourth-order valence-electron chi connectivity index (χ4n) is 3.11. The number of nitrogens with zero attached hydrogens (tertiary/aromatic N) is 2. The second kappa shape index (κ2) is 6.32. The van der Waals surface area contributed by atoms with Crippen molar-refractivity contribution in [3.05, 3.63) is 0 Å². The maximum atomic E-state index is 11.8. The third-order valence-electron chi connectivity index (χ3n) is 4.16. The lowest BCUT2D eigenvalue weighted by molar-refractivity contribution is -0.136. The number of ketones is 1. The molecule has 0 spiro atoms. The van der Waals surface area contributed by atoms with Crippen molar-refractivity contribution in [2.75, 3.05) is 26.2 Å². The van der Waals surface area contributed by atoms with Gasteiger partial charge in [0.25, 0.3) is 0 Å². The second-order valence-corrected chi connectivity index (χ2v) is 5.59. The lowest BCUT2D eigenvalue weighted by Crippen LogP contribution is -2.52. The standard InChI is InChI=1S/C14H24N2O2/c1-12(17)11-14(18)16-9-7-15(8-10-16)13-5-3-2-4-6-13/h13H,2-11H2,1H3. The number of piperazine rings is 1. The monoisotopic (exact) mass is 252 g/mol. The summed E-state index contributed by atoms with van der Waals surface area (Å²) < 4.78 is 0. The maximum Gasteiger partial charge on any atom is 0.230 e. The Morgan fingerprint density at radius 2 is 1.61 bits per heavy atom. The van der Waals surface area contributed by atoms with Gasteiger partial charge in [-0.05, 0) is 19.8 Å². The first-order chi connectivity index (χ1) is 8.66. The molecule has 1 heterocycles. The molecule has 0 aromatic heterocycles. The van der Waals surface area contributed by atoms with Crippen LogP contribution in [0.25, 0.3) is 0 Å². The van der Waals surface area contributed by atoms with Gasteiger partial charge < -0.3 is 4.90 Å². The number of rotatable bonds is 3. The third-order valence-corrected chi connectivity index (χ3v) is 4.16. The van der Waals surface area contributed by atoms with E-state index in [1.165, 1.54) is 39.0 Å². The molecule has 1 amide bonds. The molecule has 1 aliphatic carbocycles. The van der Waals surface area contributed by atoms with Crippen molar-refractivity contribution >= 4 is 11.7 Å². The van der Waals surface area contributed by atoms with E-state index < -0.39 is 0 Å². The lowest BCUT2D eigenvalue weighted by Gasteiger charge is -2.40. The minimum atomic E-state index is -0.0327. The summed E-state index contributed by atoms with van der Waals surface area (Å²) in [7, 11) is 0. The molecule has 0 atom stereocenters. The van der Waals surface area contributed by atoms with Gasteiger partial charge in [-0.2, -0.15) is 0 Å². The van der Waals surface area contributed by atoms with Crippen LogP contribution in [0.5, 0.6) is 0 Å². The summed E-state index contributed by atoms with van der Waals surface area (Å²) in [5.74, 6) is -0.0273. The molecule has 0 radical (unpaired) electrons. The van der Waals surface area contributed by atoms with E-state index in [1.54, 1.807) is 0 Å².